The van der Waals surface area contributed by atoms with E-state index in [-0.39, 0.29) is 23.5 Å². The maximum absolute atomic E-state index is 11.3. The first-order valence-electron chi connectivity index (χ1n) is 5.36. The Balaban J connectivity index is 2.68. The van der Waals surface area contributed by atoms with Crippen LogP contribution in [0.3, 0.4) is 0 Å². The number of carbonyl (C=O) groups is 2. The van der Waals surface area contributed by atoms with Gasteiger partial charge in [-0.3, -0.25) is 9.59 Å². The number of esters is 1. The van der Waals surface area contributed by atoms with E-state index in [1.54, 1.807) is 18.5 Å². The number of nitrogens with zero attached hydrogens (tertiary/aromatic N) is 3. The Labute approximate surface area is 109 Å². The van der Waals surface area contributed by atoms with Crippen LogP contribution in [0.4, 0.5) is 0 Å². The number of ether oxygens (including phenoxy) is 1. The largest absolute Gasteiger partial charge is 0.468 e. The molecule has 1 rings (SSSR count). The number of hydrogen-bond donors (Lipinski definition) is 1. The number of thioether (sulfide) groups is 1. The van der Waals surface area contributed by atoms with Crippen LogP contribution in [-0.2, 0) is 27.8 Å². The van der Waals surface area contributed by atoms with Gasteiger partial charge in [0.2, 0.25) is 5.91 Å². The first kappa shape index (κ1) is 14.5. The molecule has 7 nitrogen and oxygen atoms in total. The van der Waals surface area contributed by atoms with Gasteiger partial charge < -0.3 is 15.0 Å². The van der Waals surface area contributed by atoms with E-state index in [1.807, 2.05) is 0 Å². The van der Waals surface area contributed by atoms with E-state index in [2.05, 4.69) is 14.9 Å². The van der Waals surface area contributed by atoms with Gasteiger partial charge in [0.15, 0.2) is 5.16 Å². The van der Waals surface area contributed by atoms with Gasteiger partial charge in [-0.25, -0.2) is 0 Å². The zero-order valence-electron chi connectivity index (χ0n) is 10.5. The molecule has 0 spiro atoms. The molecule has 0 fully saturated rings. The summed E-state index contributed by atoms with van der Waals surface area (Å²) in [6.07, 6.45) is 0.662. The molecule has 0 saturated heterocycles. The van der Waals surface area contributed by atoms with Gasteiger partial charge in [-0.2, -0.15) is 0 Å². The van der Waals surface area contributed by atoms with Gasteiger partial charge in [0, 0.05) is 19.9 Å². The van der Waals surface area contributed by atoms with E-state index >= 15 is 0 Å². The molecule has 1 amide bonds. The molecule has 0 aliphatic carbocycles. The molecule has 1 aromatic heterocycles. The van der Waals surface area contributed by atoms with Crippen molar-refractivity contribution in [2.75, 3.05) is 7.11 Å². The lowest BCUT2D eigenvalue weighted by molar-refractivity contribution is -0.139. The minimum Gasteiger partial charge on any atom is -0.468 e. The number of rotatable bonds is 6. The Hall–Kier alpha value is -1.57. The molecular weight excluding hydrogens is 256 g/mol. The topological polar surface area (TPSA) is 100 Å². The average Bonchev–Trinajstić information content (AvgIpc) is 2.67. The number of carbonyl (C=O) groups excluding carboxylic acids is 2. The van der Waals surface area contributed by atoms with Crippen LogP contribution in [0.15, 0.2) is 5.16 Å². The number of methoxy groups -OCH3 is 1. The summed E-state index contributed by atoms with van der Waals surface area (Å²) in [4.78, 5) is 22.0. The maximum Gasteiger partial charge on any atom is 0.318 e. The van der Waals surface area contributed by atoms with Crippen molar-refractivity contribution in [3.8, 4) is 0 Å². The highest BCUT2D eigenvalue weighted by atomic mass is 32.2. The molecule has 0 aliphatic heterocycles. The summed E-state index contributed by atoms with van der Waals surface area (Å²) in [6.45, 7) is 1.73. The quantitative estimate of drug-likeness (QED) is 0.572. The van der Waals surface area contributed by atoms with Gasteiger partial charge in [-0.1, -0.05) is 11.8 Å². The third kappa shape index (κ3) is 3.73. The fourth-order valence-corrected chi connectivity index (χ4v) is 2.13. The minimum atomic E-state index is -0.380. The summed E-state index contributed by atoms with van der Waals surface area (Å²) in [5, 5.41) is 8.17. The SMILES string of the molecule is COC(=O)[C@@H](C)Sc1nnc(CCC(N)=O)n1C. The zero-order valence-corrected chi connectivity index (χ0v) is 11.4. The van der Waals surface area contributed by atoms with Crippen molar-refractivity contribution in [1.29, 1.82) is 0 Å². The first-order chi connectivity index (χ1) is 8.45. The van der Waals surface area contributed by atoms with E-state index in [9.17, 15) is 9.59 Å². The molecule has 0 aliphatic rings. The average molecular weight is 272 g/mol. The molecule has 2 N–H and O–H groups in total. The minimum absolute atomic E-state index is 0.225. The fourth-order valence-electron chi connectivity index (χ4n) is 1.27. The molecule has 8 heteroatoms. The molecular formula is C10H16N4O3S. The summed E-state index contributed by atoms with van der Waals surface area (Å²) >= 11 is 1.26. The van der Waals surface area contributed by atoms with Gasteiger partial charge in [-0.15, -0.1) is 10.2 Å². The van der Waals surface area contributed by atoms with Gasteiger partial charge in [-0.05, 0) is 6.92 Å². The number of aromatic nitrogens is 3. The fraction of sp³-hybridized carbons (Fsp3) is 0.600. The Morgan fingerprint density at radius 3 is 2.72 bits per heavy atom. The summed E-state index contributed by atoms with van der Waals surface area (Å²) < 4.78 is 6.37. The van der Waals surface area contributed by atoms with Crippen LogP contribution in [0.5, 0.6) is 0 Å². The number of primary amides is 1. The van der Waals surface area contributed by atoms with Crippen LogP contribution >= 0.6 is 11.8 Å². The van der Waals surface area contributed by atoms with E-state index < -0.39 is 0 Å². The van der Waals surface area contributed by atoms with Gasteiger partial charge >= 0.3 is 5.97 Å². The summed E-state index contributed by atoms with van der Waals surface area (Å²) in [5.74, 6) is -0.0369. The van der Waals surface area contributed by atoms with Gasteiger partial charge in [0.05, 0.1) is 7.11 Å². The second-order valence-corrected chi connectivity index (χ2v) is 5.02. The standard InChI is InChI=1S/C10H16N4O3S/c1-6(9(16)17-3)18-10-13-12-8(14(10)2)5-4-7(11)15/h6H,4-5H2,1-3H3,(H2,11,15)/t6-/m1/s1. The summed E-state index contributed by atoms with van der Waals surface area (Å²) in [6, 6.07) is 0. The maximum atomic E-state index is 11.3. The number of nitrogens with two attached hydrogens (primary N) is 1. The normalized spacial score (nSPS) is 12.2. The van der Waals surface area contributed by atoms with Crippen molar-refractivity contribution in [2.45, 2.75) is 30.2 Å². The van der Waals surface area contributed by atoms with E-state index in [0.717, 1.165) is 0 Å². The highest BCUT2D eigenvalue weighted by Gasteiger charge is 2.19. The van der Waals surface area contributed by atoms with Crippen LogP contribution < -0.4 is 5.73 Å². The number of amides is 1. The predicted octanol–water partition coefficient (Wildman–Crippen LogP) is -0.113. The molecule has 1 aromatic rings. The third-order valence-electron chi connectivity index (χ3n) is 2.34. The molecule has 18 heavy (non-hydrogen) atoms. The highest BCUT2D eigenvalue weighted by Crippen LogP contribution is 2.22. The molecule has 1 heterocycles. The van der Waals surface area contributed by atoms with Crippen molar-refractivity contribution in [2.24, 2.45) is 12.8 Å². The second kappa shape index (κ2) is 6.39. The van der Waals surface area contributed by atoms with Crippen molar-refractivity contribution in [3.63, 3.8) is 0 Å². The van der Waals surface area contributed by atoms with Crippen LogP contribution in [0.2, 0.25) is 0 Å². The summed E-state index contributed by atoms with van der Waals surface area (Å²) in [5.41, 5.74) is 5.07. The molecule has 0 unspecified atom stereocenters. The smallest absolute Gasteiger partial charge is 0.318 e. The van der Waals surface area contributed by atoms with Crippen LogP contribution in [0.25, 0.3) is 0 Å². The Kier molecular flexibility index (Phi) is 5.14. The lowest BCUT2D eigenvalue weighted by atomic mass is 10.3. The van der Waals surface area contributed by atoms with Gasteiger partial charge in [0.25, 0.3) is 0 Å². The van der Waals surface area contributed by atoms with Crippen LogP contribution in [0, 0.1) is 0 Å². The van der Waals surface area contributed by atoms with Crippen LogP contribution in [0.1, 0.15) is 19.2 Å². The van der Waals surface area contributed by atoms with E-state index in [0.29, 0.717) is 17.4 Å². The van der Waals surface area contributed by atoms with Crippen molar-refractivity contribution < 1.29 is 14.3 Å². The highest BCUT2D eigenvalue weighted by molar-refractivity contribution is 8.00. The predicted molar refractivity (Wildman–Crippen MR) is 65.9 cm³/mol. The number of aryl methyl sites for hydroxylation is 1. The molecule has 100 valence electrons. The monoisotopic (exact) mass is 272 g/mol. The van der Waals surface area contributed by atoms with Gasteiger partial charge in [0.1, 0.15) is 11.1 Å². The van der Waals surface area contributed by atoms with Crippen molar-refractivity contribution in [1.82, 2.24) is 14.8 Å². The third-order valence-corrected chi connectivity index (χ3v) is 3.45. The number of hydrogen-bond acceptors (Lipinski definition) is 6. The lowest BCUT2D eigenvalue weighted by Crippen LogP contribution is -2.16. The Morgan fingerprint density at radius 1 is 1.50 bits per heavy atom. The van der Waals surface area contributed by atoms with Crippen molar-refractivity contribution in [3.05, 3.63) is 5.82 Å². The van der Waals surface area contributed by atoms with Crippen LogP contribution in [-0.4, -0.2) is 39.0 Å². The molecule has 1 atom stereocenters. The van der Waals surface area contributed by atoms with Crippen molar-refractivity contribution >= 4 is 23.6 Å². The van der Waals surface area contributed by atoms with E-state index in [1.165, 1.54) is 18.9 Å². The van der Waals surface area contributed by atoms with E-state index in [4.69, 9.17) is 5.73 Å². The molecule has 0 saturated carbocycles. The zero-order chi connectivity index (χ0) is 13.7. The lowest BCUT2D eigenvalue weighted by Gasteiger charge is -2.08. The summed E-state index contributed by atoms with van der Waals surface area (Å²) in [7, 11) is 3.12. The Morgan fingerprint density at radius 2 is 2.17 bits per heavy atom. The molecule has 0 aromatic carbocycles. The Bertz CT molecular complexity index is 446. The molecule has 0 bridgehead atoms. The first-order valence-corrected chi connectivity index (χ1v) is 6.24. The second-order valence-electron chi connectivity index (χ2n) is 3.71. The molecule has 0 radical (unpaired) electrons.